The molecule has 0 radical (unpaired) electrons. The predicted molar refractivity (Wildman–Crippen MR) is 109 cm³/mol. The number of carbonyl (C=O) groups excluding carboxylic acids is 3. The molecule has 0 aromatic carbocycles. The number of carbonyl (C=O) groups is 3. The molecule has 1 saturated carbocycles. The van der Waals surface area contributed by atoms with Gasteiger partial charge >= 0.3 is 5.97 Å². The number of hydrogen-bond acceptors (Lipinski definition) is 6. The van der Waals surface area contributed by atoms with Crippen LogP contribution in [0, 0.1) is 11.8 Å². The highest BCUT2D eigenvalue weighted by Crippen LogP contribution is 2.71. The maximum atomic E-state index is 13.5. The molecule has 0 aromatic heterocycles. The number of aliphatic hydroxyl groups excluding tert-OH is 1. The van der Waals surface area contributed by atoms with Crippen molar-refractivity contribution < 1.29 is 24.2 Å². The fraction of sp³-hybridized carbons (Fsp3) is 0.857. The lowest BCUT2D eigenvalue weighted by Crippen LogP contribution is -2.55. The van der Waals surface area contributed by atoms with E-state index in [-0.39, 0.29) is 48.3 Å². The number of rotatable bonds is 6. The summed E-state index contributed by atoms with van der Waals surface area (Å²) in [6, 6.07) is -0.488. The van der Waals surface area contributed by atoms with Crippen molar-refractivity contribution in [3.05, 3.63) is 0 Å². The van der Waals surface area contributed by atoms with Crippen molar-refractivity contribution in [3.63, 3.8) is 0 Å². The Labute approximate surface area is 176 Å². The first kappa shape index (κ1) is 21.0. The van der Waals surface area contributed by atoms with E-state index in [1.54, 1.807) is 18.7 Å². The van der Waals surface area contributed by atoms with E-state index in [0.717, 1.165) is 38.5 Å². The maximum Gasteiger partial charge on any atom is 0.311 e. The van der Waals surface area contributed by atoms with Gasteiger partial charge in [0.05, 0.1) is 29.8 Å². The van der Waals surface area contributed by atoms with Gasteiger partial charge in [0.2, 0.25) is 11.8 Å². The molecule has 3 aliphatic heterocycles. The fourth-order valence-electron chi connectivity index (χ4n) is 6.19. The van der Waals surface area contributed by atoms with E-state index in [4.69, 9.17) is 4.74 Å². The molecule has 4 aliphatic rings. The second-order valence-corrected chi connectivity index (χ2v) is 11.0. The Morgan fingerprint density at radius 2 is 2.00 bits per heavy atom. The van der Waals surface area contributed by atoms with Gasteiger partial charge in [0, 0.05) is 17.3 Å². The van der Waals surface area contributed by atoms with Gasteiger partial charge in [-0.2, -0.15) is 0 Å². The molecule has 2 amide bonds. The number of nitrogens with one attached hydrogen (secondary N) is 1. The highest BCUT2D eigenvalue weighted by atomic mass is 32.2. The van der Waals surface area contributed by atoms with E-state index in [9.17, 15) is 19.5 Å². The first-order chi connectivity index (χ1) is 13.9. The zero-order chi connectivity index (χ0) is 20.8. The summed E-state index contributed by atoms with van der Waals surface area (Å²) in [7, 11) is 0. The maximum absolute atomic E-state index is 13.5. The summed E-state index contributed by atoms with van der Waals surface area (Å²) < 4.78 is 4.33. The molecule has 4 fully saturated rings. The minimum absolute atomic E-state index is 0.118. The van der Waals surface area contributed by atoms with E-state index >= 15 is 0 Å². The number of ether oxygens (including phenoxy) is 1. The van der Waals surface area contributed by atoms with Gasteiger partial charge in [-0.15, -0.1) is 11.8 Å². The smallest absolute Gasteiger partial charge is 0.311 e. The second-order valence-electron chi connectivity index (χ2n) is 9.08. The van der Waals surface area contributed by atoms with Crippen LogP contribution in [0.2, 0.25) is 0 Å². The van der Waals surface area contributed by atoms with Gasteiger partial charge in [0.25, 0.3) is 0 Å². The minimum atomic E-state index is -0.639. The fourth-order valence-corrected chi connectivity index (χ4v) is 8.54. The Bertz CT molecular complexity index is 697. The van der Waals surface area contributed by atoms with Gasteiger partial charge in [-0.05, 0) is 39.5 Å². The second kappa shape index (κ2) is 7.76. The van der Waals surface area contributed by atoms with Crippen LogP contribution in [0.4, 0.5) is 0 Å². The molecular formula is C21H32N2O5S. The lowest BCUT2D eigenvalue weighted by atomic mass is 9.66. The molecule has 2 N–H and O–H groups in total. The highest BCUT2D eigenvalue weighted by Gasteiger charge is 2.77. The zero-order valence-electron chi connectivity index (χ0n) is 17.3. The van der Waals surface area contributed by atoms with Crippen molar-refractivity contribution in [1.82, 2.24) is 10.2 Å². The van der Waals surface area contributed by atoms with Crippen LogP contribution in [0.5, 0.6) is 0 Å². The van der Waals surface area contributed by atoms with Gasteiger partial charge in [-0.3, -0.25) is 14.4 Å². The number of esters is 1. The van der Waals surface area contributed by atoms with Gasteiger partial charge in [-0.1, -0.05) is 19.3 Å². The average Bonchev–Trinajstić information content (AvgIpc) is 3.24. The van der Waals surface area contributed by atoms with Gasteiger partial charge < -0.3 is 20.1 Å². The quantitative estimate of drug-likeness (QED) is 0.627. The van der Waals surface area contributed by atoms with E-state index in [1.807, 2.05) is 6.92 Å². The number of nitrogens with zero attached hydrogens (tertiary/aromatic N) is 1. The Morgan fingerprint density at radius 1 is 1.28 bits per heavy atom. The summed E-state index contributed by atoms with van der Waals surface area (Å²) in [5.41, 5.74) is 0. The summed E-state index contributed by atoms with van der Waals surface area (Å²) >= 11 is 1.64. The van der Waals surface area contributed by atoms with Crippen LogP contribution >= 0.6 is 11.8 Å². The van der Waals surface area contributed by atoms with E-state index < -0.39 is 22.6 Å². The lowest BCUT2D eigenvalue weighted by molar-refractivity contribution is -0.155. The van der Waals surface area contributed by atoms with E-state index in [0.29, 0.717) is 0 Å². The normalized spacial score (nSPS) is 38.9. The summed E-state index contributed by atoms with van der Waals surface area (Å²) in [6.45, 7) is 3.99. The van der Waals surface area contributed by atoms with Crippen molar-refractivity contribution in [2.45, 2.75) is 80.4 Å². The van der Waals surface area contributed by atoms with Gasteiger partial charge in [-0.25, -0.2) is 0 Å². The van der Waals surface area contributed by atoms with Crippen LogP contribution in [0.3, 0.4) is 0 Å². The summed E-state index contributed by atoms with van der Waals surface area (Å²) in [5, 5.41) is 12.8. The molecule has 2 unspecified atom stereocenters. The molecule has 7 nitrogen and oxygen atoms in total. The Balaban J connectivity index is 1.66. The van der Waals surface area contributed by atoms with Crippen molar-refractivity contribution >= 4 is 29.5 Å². The van der Waals surface area contributed by atoms with Crippen LogP contribution < -0.4 is 5.32 Å². The number of β-amino-alcohol motifs (C(OH)–C–C–N with tert-alkyl or cyclic N) is 1. The Kier molecular flexibility index (Phi) is 5.61. The van der Waals surface area contributed by atoms with Crippen LogP contribution in [0.1, 0.15) is 58.8 Å². The van der Waals surface area contributed by atoms with E-state index in [2.05, 4.69) is 5.32 Å². The largest absolute Gasteiger partial charge is 0.466 e. The summed E-state index contributed by atoms with van der Waals surface area (Å²) in [5.74, 6) is -1.74. The topological polar surface area (TPSA) is 95.9 Å². The first-order valence-electron chi connectivity index (χ1n) is 11.0. The first-order valence-corrected chi connectivity index (χ1v) is 11.8. The molecule has 1 aliphatic carbocycles. The Hall–Kier alpha value is -1.28. The highest BCUT2D eigenvalue weighted by molar-refractivity contribution is 8.02. The summed E-state index contributed by atoms with van der Waals surface area (Å²) in [6.07, 6.45) is 6.88. The van der Waals surface area contributed by atoms with Crippen molar-refractivity contribution in [2.24, 2.45) is 11.8 Å². The zero-order valence-corrected chi connectivity index (χ0v) is 18.1. The van der Waals surface area contributed by atoms with Gasteiger partial charge in [0.1, 0.15) is 6.04 Å². The number of thioether (sulfide) groups is 1. The molecule has 8 heteroatoms. The third-order valence-corrected chi connectivity index (χ3v) is 9.34. The van der Waals surface area contributed by atoms with Crippen molar-refractivity contribution in [2.75, 3.05) is 19.8 Å². The molecule has 5 atom stereocenters. The van der Waals surface area contributed by atoms with Gasteiger partial charge in [0.15, 0.2) is 0 Å². The van der Waals surface area contributed by atoms with Crippen LogP contribution in [0.25, 0.3) is 0 Å². The number of likely N-dealkylation sites (tertiary alicyclic amines) is 1. The summed E-state index contributed by atoms with van der Waals surface area (Å²) in [4.78, 5) is 41.3. The third-order valence-electron chi connectivity index (χ3n) is 7.36. The minimum Gasteiger partial charge on any atom is -0.466 e. The number of fused-ring (bicyclic) bond motifs is 1. The molecule has 2 bridgehead atoms. The molecule has 3 heterocycles. The predicted octanol–water partition coefficient (Wildman–Crippen LogP) is 1.47. The van der Waals surface area contributed by atoms with Crippen LogP contribution in [0.15, 0.2) is 0 Å². The molecule has 162 valence electrons. The number of hydrogen-bond donors (Lipinski definition) is 2. The molecule has 1 spiro atoms. The monoisotopic (exact) mass is 424 g/mol. The van der Waals surface area contributed by atoms with E-state index in [1.165, 1.54) is 11.3 Å². The molecule has 4 rings (SSSR count). The SMILES string of the molecule is CCOC(=O)[C@H]1[C@H]2C(=O)N(CCO)C(C(=O)NC3CCCCC3)C23CC[C@]1(C)S3. The van der Waals surface area contributed by atoms with Crippen LogP contribution in [-0.4, -0.2) is 69.1 Å². The van der Waals surface area contributed by atoms with Crippen LogP contribution in [-0.2, 0) is 19.1 Å². The number of aliphatic hydroxyl groups is 1. The van der Waals surface area contributed by atoms with Crippen molar-refractivity contribution in [1.29, 1.82) is 0 Å². The van der Waals surface area contributed by atoms with Crippen molar-refractivity contribution in [3.8, 4) is 0 Å². The average molecular weight is 425 g/mol. The molecule has 29 heavy (non-hydrogen) atoms. The third kappa shape index (κ3) is 3.17. The standard InChI is InChI=1S/C21H32N2O5S/c1-3-28-19(27)15-14-18(26)23(11-12-24)16(21(14)10-9-20(15,2)29-21)17(25)22-13-7-5-4-6-8-13/h13-16,24H,3-12H2,1-2H3,(H,22,25)/t14-,15+,16?,20-,21?/m0/s1. The number of amides is 2. The molecule has 0 aromatic rings. The molecule has 3 saturated heterocycles. The lowest BCUT2D eigenvalue weighted by Gasteiger charge is -2.35. The Morgan fingerprint density at radius 3 is 2.66 bits per heavy atom. The molecular weight excluding hydrogens is 392 g/mol.